The second-order valence-corrected chi connectivity index (χ2v) is 8.12. The van der Waals surface area contributed by atoms with Gasteiger partial charge in [-0.1, -0.05) is 54.1 Å². The summed E-state index contributed by atoms with van der Waals surface area (Å²) in [6, 6.07) is 20.4. The van der Waals surface area contributed by atoms with Crippen LogP contribution in [0.5, 0.6) is 11.5 Å². The van der Waals surface area contributed by atoms with Crippen LogP contribution in [-0.4, -0.2) is 31.6 Å². The number of carbonyl (C=O) groups is 2. The molecule has 0 bridgehead atoms. The number of fused-ring (bicyclic) bond motifs is 1. The highest BCUT2D eigenvalue weighted by atomic mass is 35.5. The van der Waals surface area contributed by atoms with Crippen LogP contribution in [0.25, 0.3) is 0 Å². The van der Waals surface area contributed by atoms with Crippen LogP contribution in [0.4, 0.5) is 5.69 Å². The van der Waals surface area contributed by atoms with E-state index in [0.29, 0.717) is 53.1 Å². The number of hydrogen-bond donors (Lipinski definition) is 2. The zero-order valence-electron chi connectivity index (χ0n) is 18.1. The molecule has 4 rings (SSSR count). The predicted molar refractivity (Wildman–Crippen MR) is 128 cm³/mol. The van der Waals surface area contributed by atoms with Crippen molar-refractivity contribution >= 4 is 29.1 Å². The normalized spacial score (nSPS) is 12.5. The lowest BCUT2D eigenvalue weighted by Gasteiger charge is -2.13. The van der Waals surface area contributed by atoms with E-state index in [1.807, 2.05) is 30.3 Å². The Bertz CT molecular complexity index is 1130. The smallest absolute Gasteiger partial charge is 0.253 e. The van der Waals surface area contributed by atoms with Crippen LogP contribution < -0.4 is 20.1 Å². The summed E-state index contributed by atoms with van der Waals surface area (Å²) >= 11 is 6.33. The topological polar surface area (TPSA) is 76.7 Å². The molecule has 3 aromatic rings. The van der Waals surface area contributed by atoms with Crippen molar-refractivity contribution in [1.29, 1.82) is 0 Å². The van der Waals surface area contributed by atoms with Crippen molar-refractivity contribution in [2.75, 3.05) is 25.1 Å². The van der Waals surface area contributed by atoms with Crippen LogP contribution in [0.15, 0.2) is 66.7 Å². The third kappa shape index (κ3) is 6.05. The number of benzene rings is 3. The Labute approximate surface area is 197 Å². The lowest BCUT2D eigenvalue weighted by Crippen LogP contribution is -2.27. The molecule has 6 nitrogen and oxygen atoms in total. The quantitative estimate of drug-likeness (QED) is 0.533. The van der Waals surface area contributed by atoms with Crippen molar-refractivity contribution in [2.45, 2.75) is 19.3 Å². The zero-order chi connectivity index (χ0) is 23.0. The summed E-state index contributed by atoms with van der Waals surface area (Å²) in [7, 11) is 0. The third-order valence-electron chi connectivity index (χ3n) is 5.21. The summed E-state index contributed by atoms with van der Waals surface area (Å²) < 4.78 is 11.3. The van der Waals surface area contributed by atoms with Gasteiger partial charge in [-0.05, 0) is 41.8 Å². The van der Waals surface area contributed by atoms with Gasteiger partial charge in [-0.2, -0.15) is 0 Å². The first-order valence-electron chi connectivity index (χ1n) is 10.9. The first-order valence-corrected chi connectivity index (χ1v) is 11.3. The molecule has 7 heteroatoms. The maximum absolute atomic E-state index is 12.7. The number of carbonyl (C=O) groups excluding carboxylic acids is 2. The minimum atomic E-state index is -0.259. The maximum atomic E-state index is 12.7. The van der Waals surface area contributed by atoms with Gasteiger partial charge < -0.3 is 20.1 Å². The van der Waals surface area contributed by atoms with Gasteiger partial charge in [-0.3, -0.25) is 9.59 Å². The summed E-state index contributed by atoms with van der Waals surface area (Å²) in [5.74, 6) is 0.558. The molecule has 2 amide bonds. The molecule has 0 unspecified atom stereocenters. The van der Waals surface area contributed by atoms with Crippen LogP contribution in [0, 0.1) is 0 Å². The molecule has 0 fully saturated rings. The van der Waals surface area contributed by atoms with Gasteiger partial charge in [0, 0.05) is 13.0 Å². The minimum Gasteiger partial charge on any atom is -0.489 e. The van der Waals surface area contributed by atoms with Gasteiger partial charge in [-0.25, -0.2) is 0 Å². The number of para-hydroxylation sites is 1. The fourth-order valence-corrected chi connectivity index (χ4v) is 3.90. The number of rotatable bonds is 7. The van der Waals surface area contributed by atoms with Crippen molar-refractivity contribution in [3.05, 3.63) is 88.4 Å². The molecule has 0 radical (unpaired) electrons. The van der Waals surface area contributed by atoms with Crippen LogP contribution in [0.2, 0.25) is 5.02 Å². The summed E-state index contributed by atoms with van der Waals surface area (Å²) in [6.07, 6.45) is 1.58. The van der Waals surface area contributed by atoms with E-state index >= 15 is 0 Å². The number of halogens is 1. The highest BCUT2D eigenvalue weighted by Gasteiger charge is 2.18. The standard InChI is InChI=1S/C26H25ClN2O4/c27-21-15-19(16-23-25(21)33-14-6-13-32-23)17-24(30)29-22-10-5-4-9-20(22)26(31)28-12-11-18-7-2-1-3-8-18/h1-5,7-10,15-16H,6,11-14,17H2,(H,28,31)(H,29,30). The summed E-state index contributed by atoms with van der Waals surface area (Å²) in [5, 5.41) is 6.18. The Kier molecular flexibility index (Phi) is 7.47. The molecule has 0 saturated carbocycles. The van der Waals surface area contributed by atoms with E-state index in [-0.39, 0.29) is 18.2 Å². The first kappa shape index (κ1) is 22.7. The van der Waals surface area contributed by atoms with Crippen LogP contribution in [-0.2, 0) is 17.6 Å². The number of ether oxygens (including phenoxy) is 2. The Balaban J connectivity index is 1.39. The molecule has 1 aliphatic heterocycles. The zero-order valence-corrected chi connectivity index (χ0v) is 18.9. The summed E-state index contributed by atoms with van der Waals surface area (Å²) in [6.45, 7) is 1.57. The third-order valence-corrected chi connectivity index (χ3v) is 5.50. The van der Waals surface area contributed by atoms with Gasteiger partial charge in [0.15, 0.2) is 11.5 Å². The second-order valence-electron chi connectivity index (χ2n) is 7.72. The van der Waals surface area contributed by atoms with E-state index in [1.165, 1.54) is 0 Å². The van der Waals surface area contributed by atoms with Gasteiger partial charge in [-0.15, -0.1) is 0 Å². The molecule has 33 heavy (non-hydrogen) atoms. The van der Waals surface area contributed by atoms with Gasteiger partial charge in [0.05, 0.1) is 35.9 Å². The largest absolute Gasteiger partial charge is 0.489 e. The molecule has 0 aromatic heterocycles. The molecule has 0 spiro atoms. The predicted octanol–water partition coefficient (Wildman–Crippen LogP) is 4.66. The molecule has 2 N–H and O–H groups in total. The number of amides is 2. The molecule has 3 aromatic carbocycles. The first-order chi connectivity index (χ1) is 16.1. The average Bonchev–Trinajstić information content (AvgIpc) is 3.06. The molecule has 1 aliphatic rings. The van der Waals surface area contributed by atoms with Crippen LogP contribution in [0.3, 0.4) is 0 Å². The molecule has 170 valence electrons. The molecule has 0 saturated heterocycles. The molecular weight excluding hydrogens is 440 g/mol. The highest BCUT2D eigenvalue weighted by molar-refractivity contribution is 6.32. The van der Waals surface area contributed by atoms with E-state index in [2.05, 4.69) is 10.6 Å². The summed E-state index contributed by atoms with van der Waals surface area (Å²) in [5.41, 5.74) is 2.72. The monoisotopic (exact) mass is 464 g/mol. The molecule has 0 atom stereocenters. The Morgan fingerprint density at radius 2 is 1.67 bits per heavy atom. The van der Waals surface area contributed by atoms with E-state index in [9.17, 15) is 9.59 Å². The van der Waals surface area contributed by atoms with E-state index in [0.717, 1.165) is 18.4 Å². The van der Waals surface area contributed by atoms with E-state index < -0.39 is 0 Å². The SMILES string of the molecule is O=C(Cc1cc(Cl)c2c(c1)OCCCO2)Nc1ccccc1C(=O)NCCc1ccccc1. The maximum Gasteiger partial charge on any atom is 0.253 e. The second kappa shape index (κ2) is 10.9. The summed E-state index contributed by atoms with van der Waals surface area (Å²) in [4.78, 5) is 25.5. The van der Waals surface area contributed by atoms with E-state index in [1.54, 1.807) is 36.4 Å². The molecule has 0 aliphatic carbocycles. The van der Waals surface area contributed by atoms with Gasteiger partial charge in [0.1, 0.15) is 0 Å². The van der Waals surface area contributed by atoms with Crippen molar-refractivity contribution in [3.8, 4) is 11.5 Å². The molecular formula is C26H25ClN2O4. The van der Waals surface area contributed by atoms with Gasteiger partial charge >= 0.3 is 0 Å². The minimum absolute atomic E-state index is 0.0837. The number of anilines is 1. The highest BCUT2D eigenvalue weighted by Crippen LogP contribution is 2.38. The van der Waals surface area contributed by atoms with Crippen LogP contribution in [0.1, 0.15) is 27.9 Å². The Morgan fingerprint density at radius 1 is 0.909 bits per heavy atom. The fourth-order valence-electron chi connectivity index (χ4n) is 3.62. The van der Waals surface area contributed by atoms with E-state index in [4.69, 9.17) is 21.1 Å². The Hall–Kier alpha value is -3.51. The van der Waals surface area contributed by atoms with Crippen molar-refractivity contribution in [2.24, 2.45) is 0 Å². The van der Waals surface area contributed by atoms with Crippen molar-refractivity contribution in [1.82, 2.24) is 5.32 Å². The lowest BCUT2D eigenvalue weighted by atomic mass is 10.1. The van der Waals surface area contributed by atoms with Crippen molar-refractivity contribution < 1.29 is 19.1 Å². The lowest BCUT2D eigenvalue weighted by molar-refractivity contribution is -0.115. The fraction of sp³-hybridized carbons (Fsp3) is 0.231. The van der Waals surface area contributed by atoms with Gasteiger partial charge in [0.2, 0.25) is 5.91 Å². The van der Waals surface area contributed by atoms with Crippen molar-refractivity contribution in [3.63, 3.8) is 0 Å². The average molecular weight is 465 g/mol. The van der Waals surface area contributed by atoms with Gasteiger partial charge in [0.25, 0.3) is 5.91 Å². The number of hydrogen-bond acceptors (Lipinski definition) is 4. The van der Waals surface area contributed by atoms with Crippen LogP contribution >= 0.6 is 11.6 Å². The number of nitrogens with one attached hydrogen (secondary N) is 2. The molecule has 1 heterocycles. The Morgan fingerprint density at radius 3 is 2.52 bits per heavy atom.